The number of carbonyl (C=O) groups excluding carboxylic acids is 1. The zero-order valence-corrected chi connectivity index (χ0v) is 11.5. The molecule has 3 nitrogen and oxygen atoms in total. The van der Waals surface area contributed by atoms with Gasteiger partial charge in [-0.3, -0.25) is 4.79 Å². The molecule has 0 aliphatic carbocycles. The number of hydrogen-bond donors (Lipinski definition) is 1. The second kappa shape index (κ2) is 5.83. The van der Waals surface area contributed by atoms with Gasteiger partial charge in [-0.1, -0.05) is 0 Å². The van der Waals surface area contributed by atoms with E-state index in [0.717, 1.165) is 23.1 Å². The van der Waals surface area contributed by atoms with Crippen LogP contribution in [0.25, 0.3) is 0 Å². The van der Waals surface area contributed by atoms with Crippen molar-refractivity contribution in [2.75, 3.05) is 13.1 Å². The van der Waals surface area contributed by atoms with E-state index in [-0.39, 0.29) is 18.7 Å². The van der Waals surface area contributed by atoms with Gasteiger partial charge in [0.05, 0.1) is 6.42 Å². The first-order chi connectivity index (χ1) is 10.1. The number of amides is 1. The highest BCUT2D eigenvalue weighted by atomic mass is 19.4. The summed E-state index contributed by atoms with van der Waals surface area (Å²) in [5.41, 5.74) is -2.95. The lowest BCUT2D eigenvalue weighted by atomic mass is 9.90. The van der Waals surface area contributed by atoms with Gasteiger partial charge >= 0.3 is 6.18 Å². The minimum absolute atomic E-state index is 0.151. The molecule has 0 radical (unpaired) electrons. The van der Waals surface area contributed by atoms with E-state index in [1.54, 1.807) is 0 Å². The summed E-state index contributed by atoms with van der Waals surface area (Å²) in [6, 6.07) is 2.67. The molecule has 0 bridgehead atoms. The van der Waals surface area contributed by atoms with Gasteiger partial charge in [-0.05, 0) is 18.2 Å². The van der Waals surface area contributed by atoms with Gasteiger partial charge in [0.2, 0.25) is 5.91 Å². The molecule has 1 heterocycles. The molecule has 0 saturated carbocycles. The molecule has 122 valence electrons. The number of likely N-dealkylation sites (tertiary alicyclic amines) is 1. The maximum absolute atomic E-state index is 13.5. The first-order valence-electron chi connectivity index (χ1n) is 6.63. The van der Waals surface area contributed by atoms with Gasteiger partial charge in [0.15, 0.2) is 5.60 Å². The Morgan fingerprint density at radius 3 is 2.36 bits per heavy atom. The molecule has 1 aromatic rings. The van der Waals surface area contributed by atoms with Crippen molar-refractivity contribution < 1.29 is 31.9 Å². The average molecular weight is 323 g/mol. The highest BCUT2D eigenvalue weighted by molar-refractivity contribution is 5.79. The maximum atomic E-state index is 13.5. The number of aliphatic hydroxyl groups is 1. The molecule has 1 amide bonds. The van der Waals surface area contributed by atoms with Gasteiger partial charge < -0.3 is 10.0 Å². The molecule has 1 N–H and O–H groups in total. The Labute approximate surface area is 123 Å². The zero-order valence-electron chi connectivity index (χ0n) is 11.5. The number of alkyl halides is 3. The molecule has 0 aromatic heterocycles. The van der Waals surface area contributed by atoms with Crippen LogP contribution in [0.5, 0.6) is 0 Å². The van der Waals surface area contributed by atoms with Crippen molar-refractivity contribution in [2.24, 2.45) is 0 Å². The maximum Gasteiger partial charge on any atom is 0.417 e. The monoisotopic (exact) mass is 323 g/mol. The van der Waals surface area contributed by atoms with E-state index < -0.39 is 48.6 Å². The molecule has 2 rings (SSSR count). The number of rotatable bonds is 2. The van der Waals surface area contributed by atoms with E-state index in [1.165, 1.54) is 0 Å². The van der Waals surface area contributed by atoms with Gasteiger partial charge in [0.1, 0.15) is 11.6 Å². The molecule has 1 aliphatic heterocycles. The van der Waals surface area contributed by atoms with Crippen LogP contribution in [-0.2, 0) is 11.2 Å². The number of nitrogens with zero attached hydrogens (tertiary/aromatic N) is 1. The summed E-state index contributed by atoms with van der Waals surface area (Å²) in [4.78, 5) is 13.1. The highest BCUT2D eigenvalue weighted by Crippen LogP contribution is 2.38. The number of piperidine rings is 1. The van der Waals surface area contributed by atoms with Crippen LogP contribution in [0.1, 0.15) is 18.4 Å². The minimum atomic E-state index is -4.75. The second-order valence-corrected chi connectivity index (χ2v) is 5.32. The summed E-state index contributed by atoms with van der Waals surface area (Å²) in [6.45, 7) is -0.572. The standard InChI is InChI=1S/C14H14F5NO2/c15-10-1-2-11(16)9(7-10)8-12(21)20-5-3-13(22,4-6-20)14(17,18)19/h1-2,7,22H,3-6,8H2. The van der Waals surface area contributed by atoms with Crippen molar-refractivity contribution >= 4 is 5.91 Å². The van der Waals surface area contributed by atoms with Crippen LogP contribution in [0.15, 0.2) is 18.2 Å². The van der Waals surface area contributed by atoms with Crippen molar-refractivity contribution in [2.45, 2.75) is 31.0 Å². The van der Waals surface area contributed by atoms with E-state index in [1.807, 2.05) is 0 Å². The van der Waals surface area contributed by atoms with Crippen LogP contribution in [0, 0.1) is 11.6 Å². The van der Waals surface area contributed by atoms with Crippen molar-refractivity contribution in [3.63, 3.8) is 0 Å². The predicted molar refractivity (Wildman–Crippen MR) is 66.9 cm³/mol. The van der Waals surface area contributed by atoms with Crippen molar-refractivity contribution in [1.29, 1.82) is 0 Å². The molecular formula is C14H14F5NO2. The van der Waals surface area contributed by atoms with E-state index in [2.05, 4.69) is 0 Å². The lowest BCUT2D eigenvalue weighted by Crippen LogP contribution is -2.54. The van der Waals surface area contributed by atoms with Gasteiger partial charge in [0.25, 0.3) is 0 Å². The predicted octanol–water partition coefficient (Wildman–Crippen LogP) is 2.42. The van der Waals surface area contributed by atoms with Crippen molar-refractivity contribution in [3.8, 4) is 0 Å². The van der Waals surface area contributed by atoms with Crippen LogP contribution < -0.4 is 0 Å². The molecule has 8 heteroatoms. The molecule has 0 unspecified atom stereocenters. The van der Waals surface area contributed by atoms with Crippen molar-refractivity contribution in [3.05, 3.63) is 35.4 Å². The van der Waals surface area contributed by atoms with Crippen LogP contribution >= 0.6 is 0 Å². The highest BCUT2D eigenvalue weighted by Gasteiger charge is 2.54. The SMILES string of the molecule is O=C(Cc1cc(F)ccc1F)N1CCC(O)(C(F)(F)F)CC1. The van der Waals surface area contributed by atoms with Crippen LogP contribution in [0.4, 0.5) is 22.0 Å². The van der Waals surface area contributed by atoms with E-state index >= 15 is 0 Å². The summed E-state index contributed by atoms with van der Waals surface area (Å²) in [5.74, 6) is -2.05. The lowest BCUT2D eigenvalue weighted by molar-refractivity contribution is -0.272. The molecule has 0 spiro atoms. The fourth-order valence-electron chi connectivity index (χ4n) is 2.36. The summed E-state index contributed by atoms with van der Waals surface area (Å²) in [5, 5.41) is 9.51. The third-order valence-electron chi connectivity index (χ3n) is 3.82. The third kappa shape index (κ3) is 3.37. The zero-order chi connectivity index (χ0) is 16.5. The Hall–Kier alpha value is -1.70. The Kier molecular flexibility index (Phi) is 4.42. The lowest BCUT2D eigenvalue weighted by Gasteiger charge is -2.39. The third-order valence-corrected chi connectivity index (χ3v) is 3.82. The van der Waals surface area contributed by atoms with Crippen LogP contribution in [0.3, 0.4) is 0 Å². The topological polar surface area (TPSA) is 40.5 Å². The van der Waals surface area contributed by atoms with E-state index in [0.29, 0.717) is 0 Å². The quantitative estimate of drug-likeness (QED) is 0.849. The average Bonchev–Trinajstić information content (AvgIpc) is 2.42. The number of carbonyl (C=O) groups is 1. The summed E-state index contributed by atoms with van der Waals surface area (Å²) < 4.78 is 64.4. The Morgan fingerprint density at radius 1 is 1.23 bits per heavy atom. The molecule has 1 aliphatic rings. The first-order valence-corrected chi connectivity index (χ1v) is 6.63. The molecule has 1 saturated heterocycles. The van der Waals surface area contributed by atoms with Gasteiger partial charge in [-0.25, -0.2) is 8.78 Å². The Morgan fingerprint density at radius 2 is 1.82 bits per heavy atom. The van der Waals surface area contributed by atoms with E-state index in [9.17, 15) is 31.9 Å². The summed E-state index contributed by atoms with van der Waals surface area (Å²) >= 11 is 0. The van der Waals surface area contributed by atoms with Crippen LogP contribution in [0.2, 0.25) is 0 Å². The fraction of sp³-hybridized carbons (Fsp3) is 0.500. The molecule has 1 aromatic carbocycles. The largest absolute Gasteiger partial charge is 0.417 e. The van der Waals surface area contributed by atoms with Crippen molar-refractivity contribution in [1.82, 2.24) is 4.90 Å². The molecule has 22 heavy (non-hydrogen) atoms. The number of hydrogen-bond acceptors (Lipinski definition) is 2. The summed E-state index contributed by atoms with van der Waals surface area (Å²) in [7, 11) is 0. The number of benzene rings is 1. The molecular weight excluding hydrogens is 309 g/mol. The van der Waals surface area contributed by atoms with Gasteiger partial charge in [-0.15, -0.1) is 0 Å². The second-order valence-electron chi connectivity index (χ2n) is 5.32. The molecule has 1 fully saturated rings. The van der Waals surface area contributed by atoms with Gasteiger partial charge in [-0.2, -0.15) is 13.2 Å². The van der Waals surface area contributed by atoms with Gasteiger partial charge in [0, 0.05) is 31.5 Å². The van der Waals surface area contributed by atoms with Crippen LogP contribution in [-0.4, -0.2) is 40.8 Å². The molecule has 0 atom stereocenters. The fourth-order valence-corrected chi connectivity index (χ4v) is 2.36. The smallest absolute Gasteiger partial charge is 0.380 e. The normalized spacial score (nSPS) is 18.4. The van der Waals surface area contributed by atoms with E-state index in [4.69, 9.17) is 0 Å². The Bertz CT molecular complexity index is 565. The Balaban J connectivity index is 2.00. The minimum Gasteiger partial charge on any atom is -0.380 e. The first kappa shape index (κ1) is 16.7. The summed E-state index contributed by atoms with van der Waals surface area (Å²) in [6.07, 6.45) is -6.45. The number of halogens is 5.